The molecule has 0 fully saturated rings. The fourth-order valence-corrected chi connectivity index (χ4v) is 5.44. The quantitative estimate of drug-likeness (QED) is 0.511. The number of aryl methyl sites for hydroxylation is 1. The molecule has 29 heavy (non-hydrogen) atoms. The highest BCUT2D eigenvalue weighted by Crippen LogP contribution is 2.44. The lowest BCUT2D eigenvalue weighted by molar-refractivity contribution is 0.647. The molecule has 4 rings (SSSR count). The molecule has 0 saturated carbocycles. The van der Waals surface area contributed by atoms with Crippen molar-refractivity contribution in [1.29, 1.82) is 0 Å². The second kappa shape index (κ2) is 8.70. The van der Waals surface area contributed by atoms with Crippen LogP contribution in [0.3, 0.4) is 0 Å². The molecule has 1 aliphatic heterocycles. The summed E-state index contributed by atoms with van der Waals surface area (Å²) in [7, 11) is -1.14. The van der Waals surface area contributed by atoms with E-state index >= 15 is 0 Å². The molecule has 1 unspecified atom stereocenters. The van der Waals surface area contributed by atoms with Gasteiger partial charge in [0.1, 0.15) is 0 Å². The summed E-state index contributed by atoms with van der Waals surface area (Å²) in [5.41, 5.74) is 5.70. The van der Waals surface area contributed by atoms with E-state index in [1.807, 2.05) is 48.5 Å². The lowest BCUT2D eigenvalue weighted by Crippen LogP contribution is -2.28. The molecule has 0 radical (unpaired) electrons. The van der Waals surface area contributed by atoms with Crippen molar-refractivity contribution < 1.29 is 4.21 Å². The minimum Gasteiger partial charge on any atom is -0.339 e. The van der Waals surface area contributed by atoms with E-state index < -0.39 is 10.8 Å². The molecule has 0 aliphatic carbocycles. The Bertz CT molecular complexity index is 1070. The SMILES string of the molecule is Cc1ccc2c(c1C)N(CCCNCc1ccccc1Cl)c1ccccc1S2=O. The van der Waals surface area contributed by atoms with Gasteiger partial charge in [0.05, 0.1) is 32.0 Å². The van der Waals surface area contributed by atoms with Gasteiger partial charge >= 0.3 is 0 Å². The van der Waals surface area contributed by atoms with Crippen LogP contribution in [0.5, 0.6) is 0 Å². The zero-order valence-corrected chi connectivity index (χ0v) is 18.3. The van der Waals surface area contributed by atoms with Gasteiger partial charge in [0.2, 0.25) is 0 Å². The smallest absolute Gasteiger partial charge is 0.0892 e. The predicted octanol–water partition coefficient (Wildman–Crippen LogP) is 5.75. The second-order valence-corrected chi connectivity index (χ2v) is 9.19. The third-order valence-corrected chi connectivity index (χ3v) is 7.34. The van der Waals surface area contributed by atoms with Crippen LogP contribution in [0.1, 0.15) is 23.1 Å². The van der Waals surface area contributed by atoms with E-state index in [4.69, 9.17) is 11.6 Å². The number of hydrogen-bond donors (Lipinski definition) is 1. The fraction of sp³-hybridized carbons (Fsp3) is 0.250. The van der Waals surface area contributed by atoms with Crippen molar-refractivity contribution in [3.8, 4) is 0 Å². The number of para-hydroxylation sites is 1. The number of hydrogen-bond acceptors (Lipinski definition) is 3. The van der Waals surface area contributed by atoms with Crippen molar-refractivity contribution in [2.45, 2.75) is 36.6 Å². The minimum absolute atomic E-state index is 0.759. The van der Waals surface area contributed by atoms with Gasteiger partial charge in [-0.25, -0.2) is 4.21 Å². The summed E-state index contributed by atoms with van der Waals surface area (Å²) in [6, 6.07) is 20.1. The van der Waals surface area contributed by atoms with Crippen LogP contribution in [0, 0.1) is 13.8 Å². The van der Waals surface area contributed by atoms with Crippen molar-refractivity contribution in [2.24, 2.45) is 0 Å². The van der Waals surface area contributed by atoms with Gasteiger partial charge in [-0.3, -0.25) is 0 Å². The first-order chi connectivity index (χ1) is 14.1. The van der Waals surface area contributed by atoms with Crippen molar-refractivity contribution in [2.75, 3.05) is 18.0 Å². The molecule has 3 aromatic carbocycles. The predicted molar refractivity (Wildman–Crippen MR) is 122 cm³/mol. The summed E-state index contributed by atoms with van der Waals surface area (Å²) >= 11 is 6.24. The average Bonchev–Trinajstić information content (AvgIpc) is 2.73. The fourth-order valence-electron chi connectivity index (χ4n) is 3.80. The van der Waals surface area contributed by atoms with Gasteiger partial charge in [0, 0.05) is 18.1 Å². The first kappa shape index (κ1) is 20.1. The molecule has 3 nitrogen and oxygen atoms in total. The molecule has 0 spiro atoms. The number of halogens is 1. The normalized spacial score (nSPS) is 15.1. The number of fused-ring (bicyclic) bond motifs is 2. The monoisotopic (exact) mass is 424 g/mol. The van der Waals surface area contributed by atoms with Crippen molar-refractivity contribution in [3.05, 3.63) is 82.4 Å². The van der Waals surface area contributed by atoms with Crippen LogP contribution in [0.25, 0.3) is 0 Å². The Hall–Kier alpha value is -2.14. The lowest BCUT2D eigenvalue weighted by Gasteiger charge is -2.34. The number of anilines is 2. The third kappa shape index (κ3) is 3.97. The van der Waals surface area contributed by atoms with Crippen LogP contribution in [0.4, 0.5) is 11.4 Å². The molecule has 1 aliphatic rings. The van der Waals surface area contributed by atoms with Gasteiger partial charge in [-0.1, -0.05) is 48.0 Å². The maximum absolute atomic E-state index is 13.1. The molecule has 0 bridgehead atoms. The molecule has 1 heterocycles. The first-order valence-corrected chi connectivity index (χ1v) is 11.4. The molecule has 0 aromatic heterocycles. The first-order valence-electron chi connectivity index (χ1n) is 9.90. The van der Waals surface area contributed by atoms with Gasteiger partial charge in [-0.2, -0.15) is 0 Å². The number of benzene rings is 3. The van der Waals surface area contributed by atoms with E-state index in [2.05, 4.69) is 36.2 Å². The van der Waals surface area contributed by atoms with Crippen molar-refractivity contribution in [1.82, 2.24) is 5.32 Å². The maximum atomic E-state index is 13.1. The van der Waals surface area contributed by atoms with E-state index in [0.717, 1.165) is 57.8 Å². The summed E-state index contributed by atoms with van der Waals surface area (Å²) in [6.45, 7) is 6.74. The van der Waals surface area contributed by atoms with Crippen LogP contribution >= 0.6 is 11.6 Å². The molecule has 150 valence electrons. The zero-order valence-electron chi connectivity index (χ0n) is 16.7. The van der Waals surface area contributed by atoms with Crippen molar-refractivity contribution >= 4 is 33.8 Å². The molecule has 5 heteroatoms. The van der Waals surface area contributed by atoms with E-state index in [1.165, 1.54) is 11.1 Å². The van der Waals surface area contributed by atoms with Crippen LogP contribution in [0.2, 0.25) is 5.02 Å². The van der Waals surface area contributed by atoms with E-state index in [9.17, 15) is 4.21 Å². The number of nitrogens with zero attached hydrogens (tertiary/aromatic N) is 1. The molecule has 3 aromatic rings. The highest BCUT2D eigenvalue weighted by atomic mass is 35.5. The third-order valence-electron chi connectivity index (χ3n) is 5.50. The maximum Gasteiger partial charge on any atom is 0.0892 e. The lowest BCUT2D eigenvalue weighted by atomic mass is 10.1. The van der Waals surface area contributed by atoms with Crippen LogP contribution in [-0.4, -0.2) is 17.3 Å². The Morgan fingerprint density at radius 2 is 1.72 bits per heavy atom. The molecule has 1 atom stereocenters. The zero-order chi connectivity index (χ0) is 20.4. The summed E-state index contributed by atoms with van der Waals surface area (Å²) in [5, 5.41) is 4.29. The molecule has 0 saturated heterocycles. The highest BCUT2D eigenvalue weighted by molar-refractivity contribution is 7.85. The van der Waals surface area contributed by atoms with Gasteiger partial charge in [-0.05, 0) is 67.8 Å². The summed E-state index contributed by atoms with van der Waals surface area (Å²) < 4.78 is 13.1. The van der Waals surface area contributed by atoms with E-state index in [-0.39, 0.29) is 0 Å². The minimum atomic E-state index is -1.14. The van der Waals surface area contributed by atoms with Gasteiger partial charge in [0.25, 0.3) is 0 Å². The largest absolute Gasteiger partial charge is 0.339 e. The van der Waals surface area contributed by atoms with E-state index in [0.29, 0.717) is 0 Å². The van der Waals surface area contributed by atoms with Gasteiger partial charge in [0.15, 0.2) is 0 Å². The van der Waals surface area contributed by atoms with Gasteiger partial charge in [-0.15, -0.1) is 0 Å². The number of nitrogens with one attached hydrogen (secondary N) is 1. The molecule has 1 N–H and O–H groups in total. The molecular weight excluding hydrogens is 400 g/mol. The Morgan fingerprint density at radius 3 is 2.55 bits per heavy atom. The van der Waals surface area contributed by atoms with Gasteiger partial charge < -0.3 is 10.2 Å². The summed E-state index contributed by atoms with van der Waals surface area (Å²) in [5.74, 6) is 0. The van der Waals surface area contributed by atoms with Crippen LogP contribution < -0.4 is 10.2 Å². The van der Waals surface area contributed by atoms with Crippen LogP contribution in [-0.2, 0) is 17.3 Å². The topological polar surface area (TPSA) is 32.3 Å². The summed E-state index contributed by atoms with van der Waals surface area (Å²) in [4.78, 5) is 4.15. The standard InChI is InChI=1S/C24H25ClN2OS/c1-17-12-13-23-24(18(17)2)27(21-10-5-6-11-22(21)29(23)28)15-7-14-26-16-19-8-3-4-9-20(19)25/h3-6,8-13,26H,7,14-16H2,1-2H3. The highest BCUT2D eigenvalue weighted by Gasteiger charge is 2.29. The molecular formula is C24H25ClN2OS. The molecule has 0 amide bonds. The number of rotatable bonds is 6. The summed E-state index contributed by atoms with van der Waals surface area (Å²) in [6.07, 6.45) is 0.970. The van der Waals surface area contributed by atoms with Crippen LogP contribution in [0.15, 0.2) is 70.5 Å². The Morgan fingerprint density at radius 1 is 0.966 bits per heavy atom. The Labute approximate surface area is 180 Å². The average molecular weight is 425 g/mol. The van der Waals surface area contributed by atoms with E-state index in [1.54, 1.807) is 0 Å². The Kier molecular flexibility index (Phi) is 6.04. The van der Waals surface area contributed by atoms with Crippen molar-refractivity contribution in [3.63, 3.8) is 0 Å². The Balaban J connectivity index is 1.51. The second-order valence-electron chi connectivity index (χ2n) is 7.36.